The van der Waals surface area contributed by atoms with E-state index in [0.717, 1.165) is 22.9 Å². The number of aromatic hydroxyl groups is 1. The Hall–Kier alpha value is -2.32. The summed E-state index contributed by atoms with van der Waals surface area (Å²) in [6.45, 7) is 12.8. The Labute approximate surface area is 229 Å². The normalized spacial score (nSPS) is 12.6. The summed E-state index contributed by atoms with van der Waals surface area (Å²) in [5.41, 5.74) is 2.93. The lowest BCUT2D eigenvalue weighted by atomic mass is 9.86. The van der Waals surface area contributed by atoms with Crippen LogP contribution in [-0.4, -0.2) is 35.9 Å². The molecule has 36 heavy (non-hydrogen) atoms. The maximum absolute atomic E-state index is 12.4. The van der Waals surface area contributed by atoms with Crippen molar-refractivity contribution in [2.24, 2.45) is 5.41 Å². The summed E-state index contributed by atoms with van der Waals surface area (Å²) in [5, 5.41) is 16.9. The number of nitrogens with one attached hydrogen (secondary N) is 2. The van der Waals surface area contributed by atoms with E-state index >= 15 is 0 Å². The summed E-state index contributed by atoms with van der Waals surface area (Å²) in [6, 6.07) is 11.8. The monoisotopic (exact) mass is 578 g/mol. The second-order valence-electron chi connectivity index (χ2n) is 11.0. The number of halogens is 1. The zero-order valence-corrected chi connectivity index (χ0v) is 24.7. The van der Waals surface area contributed by atoms with Gasteiger partial charge in [-0.25, -0.2) is 0 Å². The Morgan fingerprint density at radius 2 is 1.75 bits per heavy atom. The molecular weight excluding hydrogens is 540 g/mol. The van der Waals surface area contributed by atoms with Crippen molar-refractivity contribution in [2.45, 2.75) is 72.4 Å². The number of hydrogen-bond donors (Lipinski definition) is 3. The predicted octanol–water partition coefficient (Wildman–Crippen LogP) is 6.02. The second-order valence-corrected chi connectivity index (χ2v) is 12.2. The number of rotatable bonds is 9. The van der Waals surface area contributed by atoms with Gasteiger partial charge in [0.2, 0.25) is 0 Å². The number of thiocarbonyl (C=S) groups is 1. The van der Waals surface area contributed by atoms with E-state index in [1.807, 2.05) is 20.8 Å². The van der Waals surface area contributed by atoms with Crippen molar-refractivity contribution in [3.63, 3.8) is 0 Å². The first-order valence-electron chi connectivity index (χ1n) is 12.1. The van der Waals surface area contributed by atoms with Crippen molar-refractivity contribution in [1.82, 2.24) is 10.6 Å². The van der Waals surface area contributed by atoms with Gasteiger partial charge < -0.3 is 25.2 Å². The van der Waals surface area contributed by atoms with Gasteiger partial charge in [0.25, 0.3) is 0 Å². The van der Waals surface area contributed by atoms with Gasteiger partial charge in [0.15, 0.2) is 16.6 Å². The zero-order chi connectivity index (χ0) is 27.1. The molecule has 6 nitrogen and oxygen atoms in total. The minimum atomic E-state index is -0.573. The van der Waals surface area contributed by atoms with Gasteiger partial charge in [-0.15, -0.1) is 0 Å². The van der Waals surface area contributed by atoms with E-state index in [2.05, 4.69) is 71.6 Å². The van der Waals surface area contributed by atoms with Crippen LogP contribution < -0.4 is 15.4 Å². The molecule has 2 rings (SSSR count). The van der Waals surface area contributed by atoms with Crippen molar-refractivity contribution in [3.8, 4) is 11.5 Å². The highest BCUT2D eigenvalue weighted by molar-refractivity contribution is 9.10. The van der Waals surface area contributed by atoms with Gasteiger partial charge in [-0.1, -0.05) is 61.0 Å². The molecule has 2 aromatic rings. The Morgan fingerprint density at radius 1 is 1.11 bits per heavy atom. The molecule has 0 fully saturated rings. The van der Waals surface area contributed by atoms with Crippen LogP contribution in [0, 0.1) is 5.41 Å². The second kappa shape index (κ2) is 12.8. The lowest BCUT2D eigenvalue weighted by molar-refractivity contribution is -0.153. The molecule has 0 aliphatic rings. The Balaban J connectivity index is 2.03. The van der Waals surface area contributed by atoms with Crippen LogP contribution >= 0.6 is 28.1 Å². The average molecular weight is 580 g/mol. The van der Waals surface area contributed by atoms with Gasteiger partial charge in [-0.2, -0.15) is 0 Å². The average Bonchev–Trinajstić information content (AvgIpc) is 2.79. The van der Waals surface area contributed by atoms with E-state index in [9.17, 15) is 9.90 Å². The van der Waals surface area contributed by atoms with E-state index < -0.39 is 5.41 Å². The molecule has 0 bridgehead atoms. The number of methoxy groups -OCH3 is 1. The summed E-state index contributed by atoms with van der Waals surface area (Å²) >= 11 is 9.01. The number of aryl methyl sites for hydroxylation is 1. The molecule has 2 aromatic carbocycles. The quantitative estimate of drug-likeness (QED) is 0.248. The molecule has 0 aromatic heterocycles. The van der Waals surface area contributed by atoms with Gasteiger partial charge in [0.05, 0.1) is 18.6 Å². The smallest absolute Gasteiger partial charge is 0.311 e. The van der Waals surface area contributed by atoms with E-state index in [4.69, 9.17) is 21.7 Å². The number of carbonyl (C=O) groups is 1. The third kappa shape index (κ3) is 9.28. The SMILES string of the molecule is COc1cc(CNC(=S)NC(CCc2ccc(C(C)(C)C)cc2)COC(=O)C(C)(C)C)c(Br)cc1O. The number of hydrogen-bond acceptors (Lipinski definition) is 5. The number of phenolic OH excluding ortho intramolecular Hbond substituents is 1. The molecule has 0 spiro atoms. The van der Waals surface area contributed by atoms with Gasteiger partial charge in [0, 0.05) is 11.0 Å². The lowest BCUT2D eigenvalue weighted by Gasteiger charge is -2.24. The number of carbonyl (C=O) groups excluding carboxylic acids is 1. The van der Waals surface area contributed by atoms with Crippen LogP contribution in [0.15, 0.2) is 40.9 Å². The molecule has 0 aliphatic heterocycles. The van der Waals surface area contributed by atoms with E-state index in [1.54, 1.807) is 12.1 Å². The van der Waals surface area contributed by atoms with Gasteiger partial charge in [-0.3, -0.25) is 4.79 Å². The molecule has 8 heteroatoms. The Bertz CT molecular complexity index is 1040. The van der Waals surface area contributed by atoms with Crippen LogP contribution in [0.3, 0.4) is 0 Å². The molecular formula is C28H39BrN2O4S. The Kier molecular flexibility index (Phi) is 10.6. The topological polar surface area (TPSA) is 79.8 Å². The molecule has 0 saturated heterocycles. The molecule has 0 amide bonds. The summed E-state index contributed by atoms with van der Waals surface area (Å²) in [6.07, 6.45) is 1.56. The zero-order valence-electron chi connectivity index (χ0n) is 22.3. The molecule has 0 aliphatic carbocycles. The lowest BCUT2D eigenvalue weighted by Crippen LogP contribution is -2.45. The van der Waals surface area contributed by atoms with E-state index in [1.165, 1.54) is 18.2 Å². The van der Waals surface area contributed by atoms with Crippen LogP contribution in [-0.2, 0) is 27.9 Å². The van der Waals surface area contributed by atoms with Crippen molar-refractivity contribution >= 4 is 39.2 Å². The Morgan fingerprint density at radius 3 is 2.31 bits per heavy atom. The van der Waals surface area contributed by atoms with Gasteiger partial charge in [-0.05, 0) is 80.1 Å². The van der Waals surface area contributed by atoms with Crippen molar-refractivity contribution in [2.75, 3.05) is 13.7 Å². The van der Waals surface area contributed by atoms with Crippen molar-refractivity contribution in [1.29, 1.82) is 0 Å². The number of phenols is 1. The standard InChI is InChI=1S/C28H39BrN2O4S/c1-27(2,3)20-11-8-18(9-12-20)10-13-21(17-35-25(33)28(4,5)6)31-26(36)30-16-19-14-24(34-7)23(32)15-22(19)29/h8-9,11-12,14-15,21,32H,10,13,16-17H2,1-7H3,(H2,30,31,36). The molecule has 198 valence electrons. The minimum absolute atomic E-state index is 0.0603. The van der Waals surface area contributed by atoms with Gasteiger partial charge in [0.1, 0.15) is 6.61 Å². The molecule has 1 atom stereocenters. The number of ether oxygens (including phenoxy) is 2. The minimum Gasteiger partial charge on any atom is -0.504 e. The van der Waals surface area contributed by atoms with Crippen LogP contribution in [0.2, 0.25) is 0 Å². The van der Waals surface area contributed by atoms with Gasteiger partial charge >= 0.3 is 5.97 Å². The largest absolute Gasteiger partial charge is 0.504 e. The predicted molar refractivity (Wildman–Crippen MR) is 153 cm³/mol. The van der Waals surface area contributed by atoms with E-state index in [0.29, 0.717) is 17.4 Å². The molecule has 0 saturated carbocycles. The third-order valence-corrected chi connectivity index (χ3v) is 6.75. The first-order valence-corrected chi connectivity index (χ1v) is 13.3. The van der Waals surface area contributed by atoms with Crippen LogP contribution in [0.4, 0.5) is 0 Å². The maximum Gasteiger partial charge on any atom is 0.311 e. The van der Waals surface area contributed by atoms with Crippen molar-refractivity contribution < 1.29 is 19.4 Å². The number of benzene rings is 2. The van der Waals surface area contributed by atoms with Crippen LogP contribution in [0.25, 0.3) is 0 Å². The summed E-state index contributed by atoms with van der Waals surface area (Å²) < 4.78 is 11.5. The van der Waals surface area contributed by atoms with Crippen LogP contribution in [0.1, 0.15) is 64.7 Å². The molecule has 3 N–H and O–H groups in total. The first-order chi connectivity index (χ1) is 16.7. The maximum atomic E-state index is 12.4. The third-order valence-electron chi connectivity index (χ3n) is 5.75. The van der Waals surface area contributed by atoms with Crippen LogP contribution in [0.5, 0.6) is 11.5 Å². The van der Waals surface area contributed by atoms with E-state index in [-0.39, 0.29) is 29.8 Å². The first kappa shape index (κ1) is 29.9. The summed E-state index contributed by atoms with van der Waals surface area (Å²) in [5.74, 6) is 0.200. The fourth-order valence-corrected chi connectivity index (χ4v) is 4.11. The fourth-order valence-electron chi connectivity index (χ4n) is 3.40. The summed E-state index contributed by atoms with van der Waals surface area (Å²) in [7, 11) is 1.51. The summed E-state index contributed by atoms with van der Waals surface area (Å²) in [4.78, 5) is 12.4. The number of esters is 1. The molecule has 1 unspecified atom stereocenters. The fraction of sp³-hybridized carbons (Fsp3) is 0.500. The molecule has 0 radical (unpaired) electrons. The highest BCUT2D eigenvalue weighted by Crippen LogP contribution is 2.32. The molecule has 0 heterocycles. The van der Waals surface area contributed by atoms with Crippen molar-refractivity contribution in [3.05, 3.63) is 57.6 Å². The highest BCUT2D eigenvalue weighted by atomic mass is 79.9. The highest BCUT2D eigenvalue weighted by Gasteiger charge is 2.24.